The van der Waals surface area contributed by atoms with Crippen LogP contribution in [-0.4, -0.2) is 35.5 Å². The molecule has 0 aromatic heterocycles. The van der Waals surface area contributed by atoms with Crippen molar-refractivity contribution in [2.75, 3.05) is 25.0 Å². The fourth-order valence-corrected chi connectivity index (χ4v) is 2.06. The first-order valence-corrected chi connectivity index (χ1v) is 6.36. The van der Waals surface area contributed by atoms with Gasteiger partial charge in [0.25, 0.3) is 0 Å². The highest BCUT2D eigenvalue weighted by molar-refractivity contribution is 7.81. The third-order valence-electron chi connectivity index (χ3n) is 1.51. The topological polar surface area (TPSA) is 9.23 Å². The molecule has 2 atom stereocenters. The Kier molecular flexibility index (Phi) is 10.7. The Hall–Kier alpha value is 1.24. The molecule has 13 heavy (non-hydrogen) atoms. The summed E-state index contributed by atoms with van der Waals surface area (Å²) < 4.78 is 5.39. The van der Waals surface area contributed by atoms with E-state index < -0.39 is 0 Å². The van der Waals surface area contributed by atoms with E-state index in [9.17, 15) is 0 Å². The Bertz CT molecular complexity index is 104. The third kappa shape index (κ3) is 9.54. The smallest absolute Gasteiger partial charge is 0.0583 e. The maximum atomic E-state index is 5.55. The van der Waals surface area contributed by atoms with E-state index in [1.165, 1.54) is 0 Å². The molecule has 0 rings (SSSR count). The number of alkyl halides is 2. The lowest BCUT2D eigenvalue weighted by atomic mass is 10.3. The van der Waals surface area contributed by atoms with Crippen molar-refractivity contribution in [2.24, 2.45) is 0 Å². The summed E-state index contributed by atoms with van der Waals surface area (Å²) in [6, 6.07) is 0. The second-order valence-corrected chi connectivity index (χ2v) is 5.02. The molecule has 0 radical (unpaired) electrons. The molecule has 0 saturated heterocycles. The summed E-state index contributed by atoms with van der Waals surface area (Å²) in [6.07, 6.45) is 1.74. The average molecular weight is 263 g/mol. The van der Waals surface area contributed by atoms with Gasteiger partial charge in [0, 0.05) is 22.3 Å². The predicted octanol–water partition coefficient (Wildman–Crippen LogP) is 2.86. The highest BCUT2D eigenvalue weighted by atomic mass is 35.5. The van der Waals surface area contributed by atoms with Crippen molar-refractivity contribution in [3.05, 3.63) is 0 Å². The van der Waals surface area contributed by atoms with Gasteiger partial charge in [-0.25, -0.2) is 0 Å². The molecule has 0 aromatic rings. The zero-order chi connectivity index (χ0) is 10.1. The average Bonchev–Trinajstić information content (AvgIpc) is 2.05. The first-order chi connectivity index (χ1) is 6.20. The molecular formula is C8H16Cl2OS2. The minimum atomic E-state index is 0.231. The van der Waals surface area contributed by atoms with Crippen molar-refractivity contribution in [3.63, 3.8) is 0 Å². The van der Waals surface area contributed by atoms with Crippen molar-refractivity contribution >= 4 is 48.5 Å². The van der Waals surface area contributed by atoms with E-state index in [2.05, 4.69) is 25.3 Å². The second-order valence-electron chi connectivity index (χ2n) is 2.80. The fourth-order valence-electron chi connectivity index (χ4n) is 0.759. The standard InChI is InChI=1S/C8H16Cl2OS2/c9-3-1-7(12)5-11-6-8(13)2-4-10/h7-8,12-13H,1-6H2. The van der Waals surface area contributed by atoms with Gasteiger partial charge in [-0.1, -0.05) is 0 Å². The lowest BCUT2D eigenvalue weighted by Crippen LogP contribution is -2.16. The first kappa shape index (κ1) is 14.2. The maximum Gasteiger partial charge on any atom is 0.0583 e. The van der Waals surface area contributed by atoms with Crippen LogP contribution in [0.4, 0.5) is 0 Å². The van der Waals surface area contributed by atoms with Crippen LogP contribution in [0.1, 0.15) is 12.8 Å². The zero-order valence-electron chi connectivity index (χ0n) is 7.46. The van der Waals surface area contributed by atoms with Crippen molar-refractivity contribution in [3.8, 4) is 0 Å². The summed E-state index contributed by atoms with van der Waals surface area (Å²) in [5.74, 6) is 1.26. The Morgan fingerprint density at radius 1 is 0.923 bits per heavy atom. The largest absolute Gasteiger partial charge is 0.379 e. The lowest BCUT2D eigenvalue weighted by molar-refractivity contribution is 0.136. The van der Waals surface area contributed by atoms with Crippen LogP contribution in [-0.2, 0) is 4.74 Å². The molecule has 0 spiro atoms. The molecule has 2 unspecified atom stereocenters. The van der Waals surface area contributed by atoms with Crippen LogP contribution in [0, 0.1) is 0 Å². The van der Waals surface area contributed by atoms with E-state index in [1.54, 1.807) is 0 Å². The van der Waals surface area contributed by atoms with Crippen molar-refractivity contribution in [1.29, 1.82) is 0 Å². The number of hydrogen-bond acceptors (Lipinski definition) is 3. The minimum absolute atomic E-state index is 0.231. The number of ether oxygens (including phenoxy) is 1. The van der Waals surface area contributed by atoms with E-state index in [0.717, 1.165) is 12.8 Å². The molecule has 5 heteroatoms. The van der Waals surface area contributed by atoms with Gasteiger partial charge in [0.05, 0.1) is 13.2 Å². The third-order valence-corrected chi connectivity index (χ3v) is 2.76. The van der Waals surface area contributed by atoms with E-state index in [1.807, 2.05) is 0 Å². The SMILES string of the molecule is SC(CCCl)COCC(S)CCCl. The molecule has 0 N–H and O–H groups in total. The van der Waals surface area contributed by atoms with Crippen LogP contribution < -0.4 is 0 Å². The molecular weight excluding hydrogens is 247 g/mol. The molecule has 0 bridgehead atoms. The second kappa shape index (κ2) is 9.78. The zero-order valence-corrected chi connectivity index (χ0v) is 10.8. The highest BCUT2D eigenvalue weighted by Gasteiger charge is 2.05. The van der Waals surface area contributed by atoms with Gasteiger partial charge in [-0.3, -0.25) is 0 Å². The predicted molar refractivity (Wildman–Crippen MR) is 67.0 cm³/mol. The van der Waals surface area contributed by atoms with Crippen LogP contribution >= 0.6 is 48.5 Å². The normalized spacial score (nSPS) is 15.7. The molecule has 0 heterocycles. The van der Waals surface area contributed by atoms with Crippen LogP contribution in [0.5, 0.6) is 0 Å². The fraction of sp³-hybridized carbons (Fsp3) is 1.00. The Labute approximate surface area is 101 Å². The molecule has 0 aliphatic carbocycles. The molecule has 0 saturated carbocycles. The van der Waals surface area contributed by atoms with Gasteiger partial charge >= 0.3 is 0 Å². The summed E-state index contributed by atoms with van der Waals surface area (Å²) in [5.41, 5.74) is 0. The summed E-state index contributed by atoms with van der Waals surface area (Å²) in [5, 5.41) is 0.461. The van der Waals surface area contributed by atoms with E-state index >= 15 is 0 Å². The minimum Gasteiger partial charge on any atom is -0.379 e. The van der Waals surface area contributed by atoms with Gasteiger partial charge in [0.15, 0.2) is 0 Å². The maximum absolute atomic E-state index is 5.55. The first-order valence-electron chi connectivity index (χ1n) is 4.26. The molecule has 0 aliphatic rings. The lowest BCUT2D eigenvalue weighted by Gasteiger charge is -2.12. The van der Waals surface area contributed by atoms with Crippen LogP contribution in [0.15, 0.2) is 0 Å². The number of halogens is 2. The molecule has 0 amide bonds. The number of rotatable bonds is 8. The molecule has 1 nitrogen and oxygen atoms in total. The summed E-state index contributed by atoms with van der Waals surface area (Å²) in [4.78, 5) is 0. The molecule has 0 aliphatic heterocycles. The van der Waals surface area contributed by atoms with Crippen LogP contribution in [0.3, 0.4) is 0 Å². The van der Waals surface area contributed by atoms with Gasteiger partial charge < -0.3 is 4.74 Å². The van der Waals surface area contributed by atoms with Crippen molar-refractivity contribution in [1.82, 2.24) is 0 Å². The highest BCUT2D eigenvalue weighted by Crippen LogP contribution is 2.07. The monoisotopic (exact) mass is 262 g/mol. The Morgan fingerprint density at radius 3 is 1.62 bits per heavy atom. The molecule has 0 aromatic carbocycles. The number of thiol groups is 2. The van der Waals surface area contributed by atoms with E-state index in [0.29, 0.717) is 25.0 Å². The van der Waals surface area contributed by atoms with Gasteiger partial charge in [-0.05, 0) is 12.8 Å². The van der Waals surface area contributed by atoms with Gasteiger partial charge in [0.1, 0.15) is 0 Å². The Balaban J connectivity index is 3.23. The van der Waals surface area contributed by atoms with Crippen LogP contribution in [0.2, 0.25) is 0 Å². The van der Waals surface area contributed by atoms with Gasteiger partial charge in [-0.2, -0.15) is 25.3 Å². The van der Waals surface area contributed by atoms with E-state index in [-0.39, 0.29) is 10.5 Å². The Morgan fingerprint density at radius 2 is 1.31 bits per heavy atom. The number of hydrogen-bond donors (Lipinski definition) is 2. The summed E-state index contributed by atoms with van der Waals surface area (Å²) in [7, 11) is 0. The summed E-state index contributed by atoms with van der Waals surface area (Å²) >= 11 is 19.7. The molecule has 80 valence electrons. The van der Waals surface area contributed by atoms with Crippen molar-refractivity contribution < 1.29 is 4.74 Å². The molecule has 0 fully saturated rings. The van der Waals surface area contributed by atoms with E-state index in [4.69, 9.17) is 27.9 Å². The van der Waals surface area contributed by atoms with Gasteiger partial charge in [0.2, 0.25) is 0 Å². The van der Waals surface area contributed by atoms with Gasteiger partial charge in [-0.15, -0.1) is 23.2 Å². The summed E-state index contributed by atoms with van der Waals surface area (Å²) in [6.45, 7) is 1.27. The quantitative estimate of drug-likeness (QED) is 0.506. The van der Waals surface area contributed by atoms with Crippen molar-refractivity contribution in [2.45, 2.75) is 23.3 Å². The van der Waals surface area contributed by atoms with Crippen LogP contribution in [0.25, 0.3) is 0 Å².